The highest BCUT2D eigenvalue weighted by Crippen LogP contribution is 2.24. The molecule has 0 aliphatic heterocycles. The molecule has 0 bridgehead atoms. The molecule has 0 N–H and O–H groups in total. The molecule has 0 saturated heterocycles. The second kappa shape index (κ2) is 4.45. The summed E-state index contributed by atoms with van der Waals surface area (Å²) >= 11 is 5.87. The first-order valence-corrected chi connectivity index (χ1v) is 4.94. The lowest BCUT2D eigenvalue weighted by molar-refractivity contribution is 0.450. The van der Waals surface area contributed by atoms with E-state index in [-0.39, 0.29) is 5.88 Å². The highest BCUT2D eigenvalue weighted by Gasteiger charge is 2.02. The molecule has 1 aromatic carbocycles. The zero-order valence-electron chi connectivity index (χ0n) is 8.45. The maximum atomic E-state index is 12.8. The molecule has 82 valence electrons. The van der Waals surface area contributed by atoms with Crippen LogP contribution in [0, 0.1) is 12.9 Å². The molecule has 0 spiro atoms. The quantitative estimate of drug-likeness (QED) is 0.753. The van der Waals surface area contributed by atoms with Crippen LogP contribution in [0.1, 0.15) is 5.56 Å². The number of hydrogen-bond acceptors (Lipinski definition) is 3. The van der Waals surface area contributed by atoms with Crippen molar-refractivity contribution in [2.75, 3.05) is 0 Å². The van der Waals surface area contributed by atoms with Crippen LogP contribution in [0.25, 0.3) is 0 Å². The van der Waals surface area contributed by atoms with Crippen molar-refractivity contribution < 1.29 is 9.13 Å². The first-order chi connectivity index (χ1) is 7.65. The van der Waals surface area contributed by atoms with E-state index in [0.29, 0.717) is 10.8 Å². The molecule has 0 saturated carbocycles. The van der Waals surface area contributed by atoms with Gasteiger partial charge in [-0.15, -0.1) is 0 Å². The third kappa shape index (κ3) is 2.46. The lowest BCUT2D eigenvalue weighted by Crippen LogP contribution is -1.91. The highest BCUT2D eigenvalue weighted by molar-refractivity contribution is 6.31. The molecule has 0 aliphatic rings. The van der Waals surface area contributed by atoms with Crippen LogP contribution in [0.2, 0.25) is 5.02 Å². The van der Waals surface area contributed by atoms with Crippen LogP contribution in [-0.4, -0.2) is 9.97 Å². The summed E-state index contributed by atoms with van der Waals surface area (Å²) in [4.78, 5) is 7.11. The van der Waals surface area contributed by atoms with Crippen molar-refractivity contribution in [1.29, 1.82) is 0 Å². The molecule has 0 fully saturated rings. The number of aromatic nitrogens is 2. The van der Waals surface area contributed by atoms with Gasteiger partial charge in [0.25, 0.3) is 0 Å². The predicted molar refractivity (Wildman–Crippen MR) is 58.3 cm³/mol. The Hall–Kier alpha value is -1.68. The number of halogens is 2. The minimum Gasteiger partial charge on any atom is -0.439 e. The van der Waals surface area contributed by atoms with Crippen molar-refractivity contribution >= 4 is 11.6 Å². The van der Waals surface area contributed by atoms with Gasteiger partial charge in [-0.05, 0) is 30.7 Å². The van der Waals surface area contributed by atoms with Crippen LogP contribution >= 0.6 is 11.6 Å². The van der Waals surface area contributed by atoms with Crippen molar-refractivity contribution in [3.05, 3.63) is 47.1 Å². The van der Waals surface area contributed by atoms with Crippen molar-refractivity contribution in [1.82, 2.24) is 9.97 Å². The van der Waals surface area contributed by atoms with Gasteiger partial charge < -0.3 is 4.74 Å². The van der Waals surface area contributed by atoms with E-state index < -0.39 is 5.95 Å². The van der Waals surface area contributed by atoms with Gasteiger partial charge in [0, 0.05) is 5.02 Å². The molecule has 3 nitrogen and oxygen atoms in total. The third-order valence-electron chi connectivity index (χ3n) is 1.96. The summed E-state index contributed by atoms with van der Waals surface area (Å²) in [5.74, 6) is 0.0879. The summed E-state index contributed by atoms with van der Waals surface area (Å²) in [5.41, 5.74) is 0.883. The van der Waals surface area contributed by atoms with Crippen molar-refractivity contribution in [3.63, 3.8) is 0 Å². The molecule has 0 atom stereocenters. The van der Waals surface area contributed by atoms with E-state index >= 15 is 0 Å². The average molecular weight is 239 g/mol. The van der Waals surface area contributed by atoms with Crippen molar-refractivity contribution in [2.45, 2.75) is 6.92 Å². The second-order valence-electron chi connectivity index (χ2n) is 3.19. The number of hydrogen-bond donors (Lipinski definition) is 0. The monoisotopic (exact) mass is 238 g/mol. The van der Waals surface area contributed by atoms with Crippen LogP contribution in [0.4, 0.5) is 4.39 Å². The van der Waals surface area contributed by atoms with Crippen LogP contribution in [0.15, 0.2) is 30.6 Å². The molecule has 5 heteroatoms. The van der Waals surface area contributed by atoms with Crippen LogP contribution in [-0.2, 0) is 0 Å². The van der Waals surface area contributed by atoms with E-state index in [9.17, 15) is 4.39 Å². The summed E-state index contributed by atoms with van der Waals surface area (Å²) < 4.78 is 18.1. The first kappa shape index (κ1) is 10.8. The molecule has 1 heterocycles. The molecular formula is C11H8ClFN2O. The lowest BCUT2D eigenvalue weighted by atomic mass is 10.2. The zero-order chi connectivity index (χ0) is 11.5. The third-order valence-corrected chi connectivity index (χ3v) is 2.38. The van der Waals surface area contributed by atoms with Crippen molar-refractivity contribution in [2.24, 2.45) is 0 Å². The van der Waals surface area contributed by atoms with Gasteiger partial charge in [0.1, 0.15) is 12.1 Å². The number of nitrogens with zero attached hydrogens (tertiary/aromatic N) is 2. The van der Waals surface area contributed by atoms with E-state index in [1.807, 2.05) is 6.92 Å². The minimum absolute atomic E-state index is 0.161. The van der Waals surface area contributed by atoms with Gasteiger partial charge in [0.2, 0.25) is 11.8 Å². The zero-order valence-corrected chi connectivity index (χ0v) is 9.20. The summed E-state index contributed by atoms with van der Waals surface area (Å²) in [7, 11) is 0. The molecule has 0 radical (unpaired) electrons. The van der Waals surface area contributed by atoms with Gasteiger partial charge in [0.05, 0.1) is 6.07 Å². The van der Waals surface area contributed by atoms with Gasteiger partial charge in [-0.3, -0.25) is 0 Å². The molecule has 0 amide bonds. The van der Waals surface area contributed by atoms with Crippen LogP contribution in [0.5, 0.6) is 11.6 Å². The predicted octanol–water partition coefficient (Wildman–Crippen LogP) is 3.37. The summed E-state index contributed by atoms with van der Waals surface area (Å²) in [6.45, 7) is 1.86. The van der Waals surface area contributed by atoms with E-state index in [4.69, 9.17) is 16.3 Å². The van der Waals surface area contributed by atoms with Gasteiger partial charge in [0.15, 0.2) is 0 Å². The Morgan fingerprint density at radius 3 is 2.75 bits per heavy atom. The first-order valence-electron chi connectivity index (χ1n) is 4.57. The molecule has 16 heavy (non-hydrogen) atoms. The molecule has 2 rings (SSSR count). The van der Waals surface area contributed by atoms with Gasteiger partial charge in [-0.25, -0.2) is 9.97 Å². The second-order valence-corrected chi connectivity index (χ2v) is 3.60. The lowest BCUT2D eigenvalue weighted by Gasteiger charge is -2.05. The standard InChI is InChI=1S/C11H8ClFN2O/c1-7-4-8(2-3-9(7)12)16-11-5-10(13)14-6-15-11/h2-6H,1H3. The summed E-state index contributed by atoms with van der Waals surface area (Å²) in [6, 6.07) is 6.27. The maximum Gasteiger partial charge on any atom is 0.225 e. The number of rotatable bonds is 2. The fraction of sp³-hybridized carbons (Fsp3) is 0.0909. The van der Waals surface area contributed by atoms with E-state index in [0.717, 1.165) is 18.0 Å². The topological polar surface area (TPSA) is 35.0 Å². The Kier molecular flexibility index (Phi) is 3.01. The Balaban J connectivity index is 2.24. The summed E-state index contributed by atoms with van der Waals surface area (Å²) in [6.07, 6.45) is 1.10. The molecule has 2 aromatic rings. The van der Waals surface area contributed by atoms with Gasteiger partial charge in [-0.1, -0.05) is 11.6 Å². The summed E-state index contributed by atoms with van der Waals surface area (Å²) in [5, 5.41) is 0.654. The Morgan fingerprint density at radius 2 is 2.06 bits per heavy atom. The van der Waals surface area contributed by atoms with E-state index in [1.165, 1.54) is 0 Å². The van der Waals surface area contributed by atoms with Gasteiger partial charge in [-0.2, -0.15) is 4.39 Å². The Morgan fingerprint density at radius 1 is 1.25 bits per heavy atom. The number of benzene rings is 1. The van der Waals surface area contributed by atoms with Crippen LogP contribution in [0.3, 0.4) is 0 Å². The average Bonchev–Trinajstić information content (AvgIpc) is 2.24. The largest absolute Gasteiger partial charge is 0.439 e. The highest BCUT2D eigenvalue weighted by atomic mass is 35.5. The SMILES string of the molecule is Cc1cc(Oc2cc(F)ncn2)ccc1Cl. The van der Waals surface area contributed by atoms with E-state index in [2.05, 4.69) is 9.97 Å². The van der Waals surface area contributed by atoms with Gasteiger partial charge >= 0.3 is 0 Å². The van der Waals surface area contributed by atoms with E-state index in [1.54, 1.807) is 18.2 Å². The fourth-order valence-corrected chi connectivity index (χ4v) is 1.29. The minimum atomic E-state index is -0.629. The molecule has 0 unspecified atom stereocenters. The molecule has 0 aliphatic carbocycles. The normalized spacial score (nSPS) is 10.2. The smallest absolute Gasteiger partial charge is 0.225 e. The molecule has 1 aromatic heterocycles. The van der Waals surface area contributed by atoms with Crippen molar-refractivity contribution in [3.8, 4) is 11.6 Å². The Labute approximate surface area is 96.9 Å². The Bertz CT molecular complexity index is 519. The number of ether oxygens (including phenoxy) is 1. The number of aryl methyl sites for hydroxylation is 1. The molecular weight excluding hydrogens is 231 g/mol. The fourth-order valence-electron chi connectivity index (χ4n) is 1.17. The maximum absolute atomic E-state index is 12.8. The van der Waals surface area contributed by atoms with Crippen LogP contribution < -0.4 is 4.74 Å².